The fraction of sp³-hybridized carbons (Fsp3) is 0.538. The van der Waals surface area contributed by atoms with E-state index in [1.165, 1.54) is 11.3 Å². The highest BCUT2D eigenvalue weighted by atomic mass is 32.1. The SMILES string of the molecule is Cn1ccsc1=NC(=O)CN1C(=O)N[C@@](C)(C2CC2)C1=O. The second kappa shape index (κ2) is 4.80. The fourth-order valence-corrected chi connectivity index (χ4v) is 3.26. The summed E-state index contributed by atoms with van der Waals surface area (Å²) < 4.78 is 1.71. The number of aryl methyl sites for hydroxylation is 1. The zero-order valence-electron chi connectivity index (χ0n) is 11.8. The van der Waals surface area contributed by atoms with Gasteiger partial charge in [-0.15, -0.1) is 11.3 Å². The molecule has 1 aromatic heterocycles. The zero-order valence-corrected chi connectivity index (χ0v) is 12.6. The lowest BCUT2D eigenvalue weighted by molar-refractivity contribution is -0.134. The van der Waals surface area contributed by atoms with Crippen LogP contribution in [0.4, 0.5) is 4.79 Å². The number of rotatable bonds is 3. The second-order valence-electron chi connectivity index (χ2n) is 5.60. The molecule has 0 aromatic carbocycles. The molecule has 1 aliphatic heterocycles. The minimum absolute atomic E-state index is 0.182. The number of hydrogen-bond donors (Lipinski definition) is 1. The molecule has 2 fully saturated rings. The minimum Gasteiger partial charge on any atom is -0.327 e. The van der Waals surface area contributed by atoms with Crippen LogP contribution in [0.15, 0.2) is 16.6 Å². The fourth-order valence-electron chi connectivity index (χ4n) is 2.51. The van der Waals surface area contributed by atoms with E-state index in [4.69, 9.17) is 0 Å². The van der Waals surface area contributed by atoms with E-state index in [9.17, 15) is 14.4 Å². The molecule has 21 heavy (non-hydrogen) atoms. The maximum atomic E-state index is 12.4. The first-order chi connectivity index (χ1) is 9.91. The predicted molar refractivity (Wildman–Crippen MR) is 75.2 cm³/mol. The minimum atomic E-state index is -0.856. The van der Waals surface area contributed by atoms with Gasteiger partial charge in [0.25, 0.3) is 11.8 Å². The first-order valence-electron chi connectivity index (χ1n) is 6.73. The van der Waals surface area contributed by atoms with Crippen molar-refractivity contribution >= 4 is 29.2 Å². The highest BCUT2D eigenvalue weighted by Gasteiger charge is 2.56. The molecule has 0 unspecified atom stereocenters. The Balaban J connectivity index is 1.76. The van der Waals surface area contributed by atoms with Gasteiger partial charge < -0.3 is 9.88 Å². The molecule has 112 valence electrons. The van der Waals surface area contributed by atoms with E-state index in [1.54, 1.807) is 24.7 Å². The van der Waals surface area contributed by atoms with Crippen molar-refractivity contribution in [2.75, 3.05) is 6.54 Å². The van der Waals surface area contributed by atoms with Crippen LogP contribution in [-0.2, 0) is 16.6 Å². The molecular weight excluding hydrogens is 292 g/mol. The summed E-state index contributed by atoms with van der Waals surface area (Å²) in [5.74, 6) is -0.646. The summed E-state index contributed by atoms with van der Waals surface area (Å²) in [6, 6.07) is -0.506. The third-order valence-corrected chi connectivity index (χ3v) is 4.82. The Kier molecular flexibility index (Phi) is 3.20. The molecule has 1 atom stereocenters. The number of hydrogen-bond acceptors (Lipinski definition) is 4. The van der Waals surface area contributed by atoms with Gasteiger partial charge in [-0.3, -0.25) is 14.5 Å². The van der Waals surface area contributed by atoms with E-state index in [-0.39, 0.29) is 18.4 Å². The smallest absolute Gasteiger partial charge is 0.325 e. The maximum absolute atomic E-state index is 12.4. The Bertz CT molecular complexity index is 688. The van der Waals surface area contributed by atoms with Crippen molar-refractivity contribution in [3.8, 4) is 0 Å². The first kappa shape index (κ1) is 14.0. The summed E-state index contributed by atoms with van der Waals surface area (Å²) in [4.78, 5) is 41.7. The molecule has 0 spiro atoms. The van der Waals surface area contributed by atoms with Crippen LogP contribution < -0.4 is 10.1 Å². The number of carbonyl (C=O) groups is 3. The lowest BCUT2D eigenvalue weighted by Crippen LogP contribution is -2.46. The topological polar surface area (TPSA) is 83.8 Å². The molecule has 2 heterocycles. The number of nitrogens with one attached hydrogen (secondary N) is 1. The Labute approximate surface area is 125 Å². The highest BCUT2D eigenvalue weighted by Crippen LogP contribution is 2.42. The van der Waals surface area contributed by atoms with E-state index < -0.39 is 17.5 Å². The number of amides is 4. The molecule has 0 radical (unpaired) electrons. The van der Waals surface area contributed by atoms with E-state index >= 15 is 0 Å². The first-order valence-corrected chi connectivity index (χ1v) is 7.61. The predicted octanol–water partition coefficient (Wildman–Crippen LogP) is 0.234. The van der Waals surface area contributed by atoms with Crippen LogP contribution in [0.3, 0.4) is 0 Å². The average molecular weight is 308 g/mol. The average Bonchev–Trinajstić information content (AvgIpc) is 3.17. The van der Waals surface area contributed by atoms with E-state index in [1.807, 2.05) is 5.38 Å². The van der Waals surface area contributed by atoms with Crippen LogP contribution in [0, 0.1) is 5.92 Å². The number of aromatic nitrogens is 1. The van der Waals surface area contributed by atoms with Gasteiger partial charge in [-0.1, -0.05) is 0 Å². The lowest BCUT2D eigenvalue weighted by Gasteiger charge is -2.20. The summed E-state index contributed by atoms with van der Waals surface area (Å²) in [6.07, 6.45) is 3.65. The molecule has 3 rings (SSSR count). The van der Waals surface area contributed by atoms with Gasteiger partial charge in [0, 0.05) is 18.6 Å². The monoisotopic (exact) mass is 308 g/mol. The van der Waals surface area contributed by atoms with Gasteiger partial charge in [0.1, 0.15) is 12.1 Å². The van der Waals surface area contributed by atoms with E-state index in [0.717, 1.165) is 17.7 Å². The maximum Gasteiger partial charge on any atom is 0.325 e. The van der Waals surface area contributed by atoms with E-state index in [2.05, 4.69) is 10.3 Å². The standard InChI is InChI=1S/C13H16N4O3S/c1-13(8-3-4-8)10(19)17(11(20)15-13)7-9(18)14-12-16(2)5-6-21-12/h5-6,8H,3-4,7H2,1-2H3,(H,15,20)/t13-/m0/s1. The third-order valence-electron chi connectivity index (χ3n) is 3.97. The van der Waals surface area contributed by atoms with Crippen molar-refractivity contribution in [3.05, 3.63) is 16.4 Å². The molecule has 7 nitrogen and oxygen atoms in total. The third kappa shape index (κ3) is 2.39. The molecule has 8 heteroatoms. The largest absolute Gasteiger partial charge is 0.327 e. The van der Waals surface area contributed by atoms with Gasteiger partial charge >= 0.3 is 6.03 Å². The van der Waals surface area contributed by atoms with Crippen molar-refractivity contribution in [2.24, 2.45) is 18.0 Å². The molecular formula is C13H16N4O3S. The second-order valence-corrected chi connectivity index (χ2v) is 6.47. The van der Waals surface area contributed by atoms with Crippen LogP contribution >= 0.6 is 11.3 Å². The van der Waals surface area contributed by atoms with Crippen LogP contribution in [-0.4, -0.2) is 39.4 Å². The summed E-state index contributed by atoms with van der Waals surface area (Å²) in [7, 11) is 1.78. The summed E-state index contributed by atoms with van der Waals surface area (Å²) in [5.41, 5.74) is -0.856. The van der Waals surface area contributed by atoms with Crippen molar-refractivity contribution in [1.82, 2.24) is 14.8 Å². The number of nitrogens with zero attached hydrogens (tertiary/aromatic N) is 3. The number of imide groups is 1. The van der Waals surface area contributed by atoms with Crippen molar-refractivity contribution in [3.63, 3.8) is 0 Å². The van der Waals surface area contributed by atoms with Crippen molar-refractivity contribution in [2.45, 2.75) is 25.3 Å². The van der Waals surface area contributed by atoms with E-state index in [0.29, 0.717) is 4.80 Å². The van der Waals surface area contributed by atoms with Gasteiger partial charge in [-0.05, 0) is 25.7 Å². The summed E-state index contributed by atoms with van der Waals surface area (Å²) >= 11 is 1.32. The molecule has 0 bridgehead atoms. The zero-order chi connectivity index (χ0) is 15.2. The Morgan fingerprint density at radius 1 is 1.52 bits per heavy atom. The van der Waals surface area contributed by atoms with Gasteiger partial charge in [0.2, 0.25) is 0 Å². The molecule has 2 aliphatic rings. The van der Waals surface area contributed by atoms with Crippen LogP contribution in [0.5, 0.6) is 0 Å². The lowest BCUT2D eigenvalue weighted by atomic mass is 9.96. The number of carbonyl (C=O) groups excluding carboxylic acids is 3. The number of urea groups is 1. The van der Waals surface area contributed by atoms with Crippen LogP contribution in [0.1, 0.15) is 19.8 Å². The molecule has 1 saturated carbocycles. The van der Waals surface area contributed by atoms with Gasteiger partial charge in [0.05, 0.1) is 0 Å². The molecule has 1 saturated heterocycles. The molecule has 1 aromatic rings. The van der Waals surface area contributed by atoms with Crippen LogP contribution in [0.2, 0.25) is 0 Å². The van der Waals surface area contributed by atoms with Gasteiger partial charge in [0.15, 0.2) is 4.80 Å². The van der Waals surface area contributed by atoms with Crippen LogP contribution in [0.25, 0.3) is 0 Å². The molecule has 4 amide bonds. The Morgan fingerprint density at radius 3 is 2.81 bits per heavy atom. The van der Waals surface area contributed by atoms with Gasteiger partial charge in [-0.25, -0.2) is 4.79 Å². The molecule has 1 aliphatic carbocycles. The number of thiazole rings is 1. The summed E-state index contributed by atoms with van der Waals surface area (Å²) in [5, 5.41) is 4.52. The Hall–Kier alpha value is -1.96. The van der Waals surface area contributed by atoms with Crippen molar-refractivity contribution in [1.29, 1.82) is 0 Å². The Morgan fingerprint density at radius 2 is 2.24 bits per heavy atom. The van der Waals surface area contributed by atoms with Gasteiger partial charge in [-0.2, -0.15) is 4.99 Å². The molecule has 1 N–H and O–H groups in total. The highest BCUT2D eigenvalue weighted by molar-refractivity contribution is 7.07. The van der Waals surface area contributed by atoms with Crippen molar-refractivity contribution < 1.29 is 14.4 Å². The summed E-state index contributed by atoms with van der Waals surface area (Å²) in [6.45, 7) is 1.41. The quantitative estimate of drug-likeness (QED) is 0.812. The normalized spacial score (nSPS) is 26.4.